The van der Waals surface area contributed by atoms with Gasteiger partial charge in [0.15, 0.2) is 0 Å². The lowest BCUT2D eigenvalue weighted by molar-refractivity contribution is -0.125. The molecular weight excluding hydrogens is 434 g/mol. The maximum absolute atomic E-state index is 13.7. The largest absolute Gasteiger partial charge is 0.382 e. The van der Waals surface area contributed by atoms with E-state index in [1.54, 1.807) is 4.90 Å². The Kier molecular flexibility index (Phi) is 7.40. The van der Waals surface area contributed by atoms with Crippen LogP contribution in [0, 0.1) is 0 Å². The Balaban J connectivity index is 1.79. The standard InChI is InChI=1S/C26H31N3O3S/c1-4-18-11-13-19(14-12-18)29-22(30)17-33-26-23(20-9-6-7-10-21(20)28(26)3)24(29)25(31)27-15-8-16-32-5-2/h6-7,9-14,24H,4-5,8,15-17H2,1-3H3,(H,27,31). The molecule has 1 aromatic heterocycles. The fourth-order valence-electron chi connectivity index (χ4n) is 4.37. The number of aromatic nitrogens is 1. The molecule has 0 saturated carbocycles. The van der Waals surface area contributed by atoms with E-state index in [1.165, 1.54) is 17.3 Å². The molecule has 0 spiro atoms. The van der Waals surface area contributed by atoms with Gasteiger partial charge in [-0.2, -0.15) is 0 Å². The number of hydrogen-bond acceptors (Lipinski definition) is 4. The average Bonchev–Trinajstić information content (AvgIpc) is 3.01. The number of anilines is 1. The third-order valence-electron chi connectivity index (χ3n) is 6.06. The highest BCUT2D eigenvalue weighted by Gasteiger charge is 2.39. The van der Waals surface area contributed by atoms with E-state index in [1.807, 2.05) is 56.4 Å². The Hall–Kier alpha value is -2.77. The number of para-hydroxylation sites is 1. The van der Waals surface area contributed by atoms with Crippen LogP contribution < -0.4 is 10.2 Å². The lowest BCUT2D eigenvalue weighted by Gasteiger charge is -2.30. The zero-order valence-corrected chi connectivity index (χ0v) is 20.3. The SMILES string of the molecule is CCOCCCNC(=O)C1c2c(n(C)c3ccccc23)SCC(=O)N1c1ccc(CC)cc1. The van der Waals surface area contributed by atoms with Crippen molar-refractivity contribution in [1.82, 2.24) is 9.88 Å². The summed E-state index contributed by atoms with van der Waals surface area (Å²) in [6.07, 6.45) is 1.64. The number of rotatable bonds is 8. The number of fused-ring (bicyclic) bond motifs is 3. The third-order valence-corrected chi connectivity index (χ3v) is 7.22. The summed E-state index contributed by atoms with van der Waals surface area (Å²) in [5, 5.41) is 5.03. The van der Waals surface area contributed by atoms with Crippen LogP contribution in [0.5, 0.6) is 0 Å². The molecule has 1 atom stereocenters. The van der Waals surface area contributed by atoms with Crippen LogP contribution in [-0.4, -0.2) is 41.9 Å². The Bertz CT molecular complexity index is 1140. The molecule has 0 bridgehead atoms. The Morgan fingerprint density at radius 2 is 1.91 bits per heavy atom. The van der Waals surface area contributed by atoms with Gasteiger partial charge in [0.1, 0.15) is 6.04 Å². The number of aryl methyl sites for hydroxylation is 2. The number of hydrogen-bond donors (Lipinski definition) is 1. The number of carbonyl (C=O) groups is 2. The Labute approximate surface area is 199 Å². The summed E-state index contributed by atoms with van der Waals surface area (Å²) < 4.78 is 7.50. The number of amides is 2. The Morgan fingerprint density at radius 1 is 1.15 bits per heavy atom. The van der Waals surface area contributed by atoms with Crippen LogP contribution in [-0.2, 0) is 27.8 Å². The molecule has 6 nitrogen and oxygen atoms in total. The van der Waals surface area contributed by atoms with E-state index >= 15 is 0 Å². The van der Waals surface area contributed by atoms with Gasteiger partial charge in [-0.25, -0.2) is 0 Å². The predicted molar refractivity (Wildman–Crippen MR) is 134 cm³/mol. The minimum Gasteiger partial charge on any atom is -0.382 e. The molecule has 2 amide bonds. The minimum absolute atomic E-state index is 0.0704. The topological polar surface area (TPSA) is 63.6 Å². The molecule has 0 saturated heterocycles. The number of nitrogens with zero attached hydrogens (tertiary/aromatic N) is 2. The molecule has 174 valence electrons. The van der Waals surface area contributed by atoms with Crippen molar-refractivity contribution >= 4 is 40.2 Å². The fourth-order valence-corrected chi connectivity index (χ4v) is 5.44. The zero-order valence-electron chi connectivity index (χ0n) is 19.5. The molecular formula is C26H31N3O3S. The average molecular weight is 466 g/mol. The van der Waals surface area contributed by atoms with Crippen LogP contribution in [0.3, 0.4) is 0 Å². The summed E-state index contributed by atoms with van der Waals surface area (Å²) >= 11 is 1.50. The van der Waals surface area contributed by atoms with Gasteiger partial charge in [0.25, 0.3) is 0 Å². The summed E-state index contributed by atoms with van der Waals surface area (Å²) in [6.45, 7) is 5.81. The van der Waals surface area contributed by atoms with Crippen molar-refractivity contribution < 1.29 is 14.3 Å². The van der Waals surface area contributed by atoms with Crippen molar-refractivity contribution in [2.24, 2.45) is 7.05 Å². The van der Waals surface area contributed by atoms with Gasteiger partial charge in [0, 0.05) is 49.0 Å². The van der Waals surface area contributed by atoms with Gasteiger partial charge >= 0.3 is 0 Å². The van der Waals surface area contributed by atoms with Gasteiger partial charge in [-0.05, 0) is 43.5 Å². The molecule has 1 aliphatic heterocycles. The van der Waals surface area contributed by atoms with Gasteiger partial charge in [-0.15, -0.1) is 0 Å². The molecule has 7 heteroatoms. The summed E-state index contributed by atoms with van der Waals surface area (Å²) in [4.78, 5) is 28.8. The number of benzene rings is 2. The minimum atomic E-state index is -0.742. The molecule has 0 radical (unpaired) electrons. The highest BCUT2D eigenvalue weighted by Crippen LogP contribution is 2.43. The monoisotopic (exact) mass is 465 g/mol. The summed E-state index contributed by atoms with van der Waals surface area (Å²) in [6, 6.07) is 15.3. The molecule has 1 aliphatic rings. The molecule has 2 aromatic carbocycles. The lowest BCUT2D eigenvalue weighted by atomic mass is 10.0. The quantitative estimate of drug-likeness (QED) is 0.499. The number of nitrogens with one attached hydrogen (secondary N) is 1. The summed E-state index contributed by atoms with van der Waals surface area (Å²) in [7, 11) is 2.00. The highest BCUT2D eigenvalue weighted by molar-refractivity contribution is 8.00. The molecule has 0 aliphatic carbocycles. The van der Waals surface area contributed by atoms with Crippen molar-refractivity contribution in [3.63, 3.8) is 0 Å². The van der Waals surface area contributed by atoms with Gasteiger partial charge in [-0.3, -0.25) is 14.5 Å². The molecule has 1 unspecified atom stereocenters. The second-order valence-corrected chi connectivity index (χ2v) is 9.08. The first-order chi connectivity index (χ1) is 16.1. The smallest absolute Gasteiger partial charge is 0.247 e. The van der Waals surface area contributed by atoms with Gasteiger partial charge < -0.3 is 14.6 Å². The van der Waals surface area contributed by atoms with Crippen molar-refractivity contribution in [2.75, 3.05) is 30.4 Å². The van der Waals surface area contributed by atoms with Crippen LogP contribution in [0.15, 0.2) is 53.6 Å². The van der Waals surface area contributed by atoms with Crippen molar-refractivity contribution in [3.8, 4) is 0 Å². The zero-order chi connectivity index (χ0) is 23.4. The first-order valence-electron chi connectivity index (χ1n) is 11.5. The van der Waals surface area contributed by atoms with E-state index in [4.69, 9.17) is 4.74 Å². The second kappa shape index (κ2) is 10.4. The van der Waals surface area contributed by atoms with E-state index in [9.17, 15) is 9.59 Å². The van der Waals surface area contributed by atoms with E-state index in [0.29, 0.717) is 19.8 Å². The van der Waals surface area contributed by atoms with Crippen molar-refractivity contribution in [3.05, 3.63) is 59.7 Å². The number of thioether (sulfide) groups is 1. The fraction of sp³-hybridized carbons (Fsp3) is 0.385. The van der Waals surface area contributed by atoms with Crippen LogP contribution in [0.4, 0.5) is 5.69 Å². The number of ether oxygens (including phenoxy) is 1. The normalized spacial score (nSPS) is 16.0. The molecule has 2 heterocycles. The summed E-state index contributed by atoms with van der Waals surface area (Å²) in [5.41, 5.74) is 3.89. The molecule has 3 aromatic rings. The van der Waals surface area contributed by atoms with Crippen LogP contribution in [0.25, 0.3) is 10.9 Å². The highest BCUT2D eigenvalue weighted by atomic mass is 32.2. The maximum Gasteiger partial charge on any atom is 0.247 e. The van der Waals surface area contributed by atoms with E-state index in [0.717, 1.165) is 40.0 Å². The number of carbonyl (C=O) groups excluding carboxylic acids is 2. The maximum atomic E-state index is 13.7. The third kappa shape index (κ3) is 4.66. The Morgan fingerprint density at radius 3 is 2.64 bits per heavy atom. The lowest BCUT2D eigenvalue weighted by Crippen LogP contribution is -2.44. The van der Waals surface area contributed by atoms with E-state index in [2.05, 4.69) is 22.9 Å². The first-order valence-corrected chi connectivity index (χ1v) is 12.5. The van der Waals surface area contributed by atoms with E-state index < -0.39 is 6.04 Å². The van der Waals surface area contributed by atoms with Crippen LogP contribution in [0.1, 0.15) is 37.4 Å². The van der Waals surface area contributed by atoms with Gasteiger partial charge in [-0.1, -0.05) is 49.0 Å². The van der Waals surface area contributed by atoms with Crippen molar-refractivity contribution in [2.45, 2.75) is 37.8 Å². The van der Waals surface area contributed by atoms with Crippen LogP contribution in [0.2, 0.25) is 0 Å². The molecule has 0 fully saturated rings. The van der Waals surface area contributed by atoms with Gasteiger partial charge in [0.2, 0.25) is 11.8 Å². The summed E-state index contributed by atoms with van der Waals surface area (Å²) in [5.74, 6) is 0.0411. The van der Waals surface area contributed by atoms with Crippen LogP contribution >= 0.6 is 11.8 Å². The second-order valence-electron chi connectivity index (χ2n) is 8.11. The molecule has 33 heavy (non-hydrogen) atoms. The van der Waals surface area contributed by atoms with Gasteiger partial charge in [0.05, 0.1) is 10.8 Å². The van der Waals surface area contributed by atoms with Crippen molar-refractivity contribution in [1.29, 1.82) is 0 Å². The predicted octanol–water partition coefficient (Wildman–Crippen LogP) is 4.46. The first kappa shape index (κ1) is 23.4. The molecule has 1 N–H and O–H groups in total. The molecule has 4 rings (SSSR count). The van der Waals surface area contributed by atoms with E-state index in [-0.39, 0.29) is 17.6 Å².